The van der Waals surface area contributed by atoms with E-state index in [0.29, 0.717) is 55.0 Å². The first-order valence-electron chi connectivity index (χ1n) is 11.3. The molecule has 1 spiro atoms. The van der Waals surface area contributed by atoms with Gasteiger partial charge in [-0.1, -0.05) is 18.2 Å². The van der Waals surface area contributed by atoms with E-state index in [-0.39, 0.29) is 18.0 Å². The van der Waals surface area contributed by atoms with Crippen molar-refractivity contribution in [1.82, 2.24) is 20.5 Å². The predicted molar refractivity (Wildman–Crippen MR) is 124 cm³/mol. The molecule has 1 saturated heterocycles. The second kappa shape index (κ2) is 9.18. The van der Waals surface area contributed by atoms with Crippen LogP contribution in [0.5, 0.6) is 5.75 Å². The van der Waals surface area contributed by atoms with Crippen LogP contribution in [0.3, 0.4) is 0 Å². The number of nitrogens with one attached hydrogen (secondary N) is 1. The Kier molecular flexibility index (Phi) is 5.93. The Balaban J connectivity index is 1.17. The number of hydrogen-bond acceptors (Lipinski definition) is 8. The minimum Gasteiger partial charge on any atom is -0.486 e. The summed E-state index contributed by atoms with van der Waals surface area (Å²) in [7, 11) is 0. The standard InChI is InChI=1S/C25H25N5O4/c31-20-14-25(34-22-6-2-1-5-18(20)22)9-12-30(13-10-25)23-8-7-19(28-29-23)24(33)27-16-21(32)17-4-3-11-26-15-17/h1-8,11,15,21,32H,9-10,12-14,16H2,(H,27,33). The van der Waals surface area contributed by atoms with Crippen molar-refractivity contribution in [3.05, 3.63) is 77.7 Å². The van der Waals surface area contributed by atoms with E-state index in [4.69, 9.17) is 4.74 Å². The van der Waals surface area contributed by atoms with Gasteiger partial charge in [-0.15, -0.1) is 10.2 Å². The lowest BCUT2D eigenvalue weighted by molar-refractivity contribution is 0.0231. The Labute approximate surface area is 196 Å². The third-order valence-corrected chi connectivity index (χ3v) is 6.40. The van der Waals surface area contributed by atoms with Gasteiger partial charge < -0.3 is 20.1 Å². The van der Waals surface area contributed by atoms with E-state index in [2.05, 4.69) is 25.4 Å². The summed E-state index contributed by atoms with van der Waals surface area (Å²) in [5.41, 5.74) is 0.973. The third kappa shape index (κ3) is 4.47. The number of aliphatic hydroxyl groups excluding tert-OH is 1. The number of hydrogen-bond donors (Lipinski definition) is 2. The minimum atomic E-state index is -0.855. The van der Waals surface area contributed by atoms with Gasteiger partial charge in [-0.05, 0) is 30.3 Å². The zero-order valence-electron chi connectivity index (χ0n) is 18.6. The van der Waals surface area contributed by atoms with E-state index in [1.54, 1.807) is 36.7 Å². The summed E-state index contributed by atoms with van der Waals surface area (Å²) < 4.78 is 6.28. The number of ketones is 1. The topological polar surface area (TPSA) is 118 Å². The van der Waals surface area contributed by atoms with Gasteiger partial charge in [-0.3, -0.25) is 14.6 Å². The van der Waals surface area contributed by atoms with Crippen LogP contribution in [0, 0.1) is 0 Å². The summed E-state index contributed by atoms with van der Waals surface area (Å²) >= 11 is 0. The van der Waals surface area contributed by atoms with Gasteiger partial charge in [-0.25, -0.2) is 0 Å². The van der Waals surface area contributed by atoms with E-state index in [1.165, 1.54) is 0 Å². The average molecular weight is 460 g/mol. The number of benzene rings is 1. The smallest absolute Gasteiger partial charge is 0.271 e. The maximum Gasteiger partial charge on any atom is 0.271 e. The molecule has 1 fully saturated rings. The monoisotopic (exact) mass is 459 g/mol. The number of nitrogens with zero attached hydrogens (tertiary/aromatic N) is 4. The van der Waals surface area contributed by atoms with Gasteiger partial charge in [0.2, 0.25) is 0 Å². The molecule has 34 heavy (non-hydrogen) atoms. The van der Waals surface area contributed by atoms with Crippen molar-refractivity contribution < 1.29 is 19.4 Å². The van der Waals surface area contributed by atoms with Crippen molar-refractivity contribution in [3.63, 3.8) is 0 Å². The Bertz CT molecular complexity index is 1180. The molecule has 0 bridgehead atoms. The van der Waals surface area contributed by atoms with Crippen LogP contribution in [0.4, 0.5) is 5.82 Å². The predicted octanol–water partition coefficient (Wildman–Crippen LogP) is 2.34. The number of amides is 1. The molecule has 9 nitrogen and oxygen atoms in total. The van der Waals surface area contributed by atoms with Gasteiger partial charge in [0.05, 0.1) is 18.1 Å². The Morgan fingerprint density at radius 2 is 1.94 bits per heavy atom. The molecule has 1 aromatic carbocycles. The number of anilines is 1. The van der Waals surface area contributed by atoms with Crippen molar-refractivity contribution in [2.24, 2.45) is 0 Å². The van der Waals surface area contributed by atoms with Crippen LogP contribution < -0.4 is 15.0 Å². The highest BCUT2D eigenvalue weighted by molar-refractivity contribution is 6.00. The summed E-state index contributed by atoms with van der Waals surface area (Å²) in [6.07, 6.45) is 4.10. The molecule has 1 unspecified atom stereocenters. The first-order valence-corrected chi connectivity index (χ1v) is 11.3. The number of aliphatic hydroxyl groups is 1. The van der Waals surface area contributed by atoms with Crippen LogP contribution in [-0.2, 0) is 0 Å². The molecule has 2 N–H and O–H groups in total. The number of carbonyl (C=O) groups excluding carboxylic acids is 2. The van der Waals surface area contributed by atoms with E-state index < -0.39 is 17.6 Å². The largest absolute Gasteiger partial charge is 0.486 e. The second-order valence-corrected chi connectivity index (χ2v) is 8.66. The molecule has 5 rings (SSSR count). The molecule has 0 aliphatic carbocycles. The molecule has 1 atom stereocenters. The first-order chi connectivity index (χ1) is 16.5. The molecular formula is C25H25N5O4. The molecule has 174 valence electrons. The summed E-state index contributed by atoms with van der Waals surface area (Å²) in [5, 5.41) is 21.1. The molecule has 2 aliphatic rings. The van der Waals surface area contributed by atoms with E-state index in [0.717, 1.165) is 0 Å². The van der Waals surface area contributed by atoms with Crippen LogP contribution in [0.25, 0.3) is 0 Å². The molecule has 3 aromatic rings. The number of ether oxygens (including phenoxy) is 1. The molecule has 4 heterocycles. The van der Waals surface area contributed by atoms with Crippen molar-refractivity contribution in [1.29, 1.82) is 0 Å². The average Bonchev–Trinajstić information content (AvgIpc) is 2.88. The van der Waals surface area contributed by atoms with Gasteiger partial charge in [0.1, 0.15) is 11.4 Å². The lowest BCUT2D eigenvalue weighted by Gasteiger charge is -2.44. The summed E-state index contributed by atoms with van der Waals surface area (Å²) in [4.78, 5) is 31.1. The van der Waals surface area contributed by atoms with Crippen LogP contribution >= 0.6 is 0 Å². The highest BCUT2D eigenvalue weighted by atomic mass is 16.5. The Morgan fingerprint density at radius 3 is 2.68 bits per heavy atom. The normalized spacial score (nSPS) is 17.6. The van der Waals surface area contributed by atoms with Gasteiger partial charge in [0, 0.05) is 50.4 Å². The number of Topliss-reactive ketones (excluding diaryl/α,β-unsaturated/α-hetero) is 1. The van der Waals surface area contributed by atoms with Crippen molar-refractivity contribution in [2.75, 3.05) is 24.5 Å². The van der Waals surface area contributed by atoms with Crippen LogP contribution in [0.2, 0.25) is 0 Å². The molecule has 2 aromatic heterocycles. The van der Waals surface area contributed by atoms with Crippen molar-refractivity contribution in [3.8, 4) is 5.75 Å². The fourth-order valence-corrected chi connectivity index (χ4v) is 4.45. The van der Waals surface area contributed by atoms with Gasteiger partial charge in [0.25, 0.3) is 5.91 Å². The summed E-state index contributed by atoms with van der Waals surface area (Å²) in [6.45, 7) is 1.39. The third-order valence-electron chi connectivity index (χ3n) is 6.40. The quantitative estimate of drug-likeness (QED) is 0.597. The number of pyridine rings is 1. The number of rotatable bonds is 5. The molecular weight excluding hydrogens is 434 g/mol. The van der Waals surface area contributed by atoms with Crippen LogP contribution in [0.1, 0.15) is 51.8 Å². The lowest BCUT2D eigenvalue weighted by Crippen LogP contribution is -2.51. The molecule has 1 amide bonds. The van der Waals surface area contributed by atoms with Crippen molar-refractivity contribution >= 4 is 17.5 Å². The molecule has 0 saturated carbocycles. The maximum atomic E-state index is 12.6. The molecule has 0 radical (unpaired) electrons. The Hall–Kier alpha value is -3.85. The number of carbonyl (C=O) groups is 2. The highest BCUT2D eigenvalue weighted by Gasteiger charge is 2.43. The number of aromatic nitrogens is 3. The fraction of sp³-hybridized carbons (Fsp3) is 0.320. The zero-order chi connectivity index (χ0) is 23.5. The van der Waals surface area contributed by atoms with Crippen LogP contribution in [-0.4, -0.2) is 57.2 Å². The van der Waals surface area contributed by atoms with E-state index in [1.807, 2.05) is 24.3 Å². The zero-order valence-corrected chi connectivity index (χ0v) is 18.6. The molecule has 9 heteroatoms. The fourth-order valence-electron chi connectivity index (χ4n) is 4.45. The maximum absolute atomic E-state index is 12.6. The second-order valence-electron chi connectivity index (χ2n) is 8.66. The Morgan fingerprint density at radius 1 is 1.12 bits per heavy atom. The van der Waals surface area contributed by atoms with Crippen LogP contribution in [0.15, 0.2) is 60.9 Å². The highest BCUT2D eigenvalue weighted by Crippen LogP contribution is 2.39. The van der Waals surface area contributed by atoms with Crippen molar-refractivity contribution in [2.45, 2.75) is 31.0 Å². The molecule has 2 aliphatic heterocycles. The SMILES string of the molecule is O=C(NCC(O)c1cccnc1)c1ccc(N2CCC3(CC2)CC(=O)c2ccccc2O3)nn1. The summed E-state index contributed by atoms with van der Waals surface area (Å²) in [6, 6.07) is 14.3. The first kappa shape index (κ1) is 22.0. The minimum absolute atomic E-state index is 0.0456. The van der Waals surface area contributed by atoms with Gasteiger partial charge >= 0.3 is 0 Å². The van der Waals surface area contributed by atoms with Gasteiger partial charge in [0.15, 0.2) is 17.3 Å². The number of para-hydroxylation sites is 1. The number of fused-ring (bicyclic) bond motifs is 1. The lowest BCUT2D eigenvalue weighted by atomic mass is 9.82. The van der Waals surface area contributed by atoms with E-state index >= 15 is 0 Å². The van der Waals surface area contributed by atoms with E-state index in [9.17, 15) is 14.7 Å². The van der Waals surface area contributed by atoms with Gasteiger partial charge in [-0.2, -0.15) is 0 Å². The summed E-state index contributed by atoms with van der Waals surface area (Å²) in [5.74, 6) is 1.05. The number of piperidine rings is 1.